The van der Waals surface area contributed by atoms with Crippen LogP contribution < -0.4 is 15.0 Å². The molecule has 7 heterocycles. The minimum atomic E-state index is -3.06. The Morgan fingerprint density at radius 2 is 1.72 bits per heavy atom. The highest BCUT2D eigenvalue weighted by molar-refractivity contribution is 7.23. The number of thiophene rings is 1. The highest BCUT2D eigenvalue weighted by Gasteiger charge is 2.47. The smallest absolute Gasteiger partial charge is 0.412 e. The number of pyridine rings is 1. The van der Waals surface area contributed by atoms with Gasteiger partial charge in [-0.2, -0.15) is 15.2 Å². The number of halogens is 4. The third-order valence-corrected chi connectivity index (χ3v) is 12.3. The van der Waals surface area contributed by atoms with Gasteiger partial charge < -0.3 is 28.7 Å². The number of carbonyl (C=O) groups is 2. The number of benzene rings is 1. The van der Waals surface area contributed by atoms with Crippen LogP contribution in [0.4, 0.5) is 38.0 Å². The number of hydrogen-bond donors (Lipinski definition) is 1. The van der Waals surface area contributed by atoms with Crippen LogP contribution in [0.5, 0.6) is 6.01 Å². The predicted molar refractivity (Wildman–Crippen MR) is 214 cm³/mol. The average Bonchev–Trinajstić information content (AvgIpc) is 3.84. The molecule has 2 amide bonds. The second kappa shape index (κ2) is 15.1. The van der Waals surface area contributed by atoms with Crippen molar-refractivity contribution in [2.45, 2.75) is 116 Å². The number of likely N-dealkylation sites (tertiary alicyclic amines) is 2. The number of fused-ring (bicyclic) bond motifs is 6. The summed E-state index contributed by atoms with van der Waals surface area (Å²) in [6.07, 6.45) is 0.948. The number of aromatic nitrogens is 3. The number of anilines is 2. The predicted octanol–water partition coefficient (Wildman–Crippen LogP) is 8.13. The summed E-state index contributed by atoms with van der Waals surface area (Å²) in [5.74, 6) is -4.46. The van der Waals surface area contributed by atoms with Gasteiger partial charge in [-0.25, -0.2) is 27.2 Å². The standard InChI is InChI=1S/C41H46F4N8O6S/c1-39(2,3)58-37(54)50-35-22(13-46)28-31(47-14-25(42)33(28)60-35)27-23-17-56-18-24(23)29-32(30(27)43)48-36(57-19-26-41(44,45)11-8-12-51(26)7)49-34(29)53-20-9-10-21(53)16-52(15-20)38(55)59-40(4,5)6/h14,20-21,26H,8-12,15-19H2,1-7H3,(H,50,54). The second-order valence-electron chi connectivity index (χ2n) is 17.7. The lowest BCUT2D eigenvalue weighted by molar-refractivity contribution is -0.117. The molecule has 60 heavy (non-hydrogen) atoms. The van der Waals surface area contributed by atoms with Gasteiger partial charge >= 0.3 is 18.2 Å². The van der Waals surface area contributed by atoms with Crippen LogP contribution in [0, 0.1) is 23.0 Å². The molecule has 4 aliphatic heterocycles. The number of alkyl halides is 2. The van der Waals surface area contributed by atoms with Crippen LogP contribution in [0.1, 0.15) is 83.9 Å². The molecular formula is C41H46F4N8O6S. The molecule has 19 heteroatoms. The van der Waals surface area contributed by atoms with Gasteiger partial charge in [0.25, 0.3) is 5.92 Å². The molecule has 3 atom stereocenters. The van der Waals surface area contributed by atoms with Crippen LogP contribution in [0.25, 0.3) is 32.2 Å². The van der Waals surface area contributed by atoms with E-state index >= 15 is 17.6 Å². The zero-order chi connectivity index (χ0) is 43.1. The Hall–Kier alpha value is -5.06. The van der Waals surface area contributed by atoms with Gasteiger partial charge in [0.1, 0.15) is 46.3 Å². The topological polar surface area (TPSA) is 155 Å². The first kappa shape index (κ1) is 41.7. The molecule has 14 nitrogen and oxygen atoms in total. The number of nitrogens with zero attached hydrogens (tertiary/aromatic N) is 7. The van der Waals surface area contributed by atoms with E-state index in [1.165, 1.54) is 4.90 Å². The number of rotatable bonds is 6. The number of carbonyl (C=O) groups excluding carboxylic acids is 2. The van der Waals surface area contributed by atoms with E-state index in [1.54, 1.807) is 53.5 Å². The third-order valence-electron chi connectivity index (χ3n) is 11.2. The van der Waals surface area contributed by atoms with Crippen LogP contribution in [0.3, 0.4) is 0 Å². The van der Waals surface area contributed by atoms with Crippen molar-refractivity contribution in [1.29, 1.82) is 5.26 Å². The zero-order valence-electron chi connectivity index (χ0n) is 34.4. The lowest BCUT2D eigenvalue weighted by Gasteiger charge is -2.42. The summed E-state index contributed by atoms with van der Waals surface area (Å²) < 4.78 is 86.7. The first-order valence-corrected chi connectivity index (χ1v) is 20.7. The molecule has 3 aromatic heterocycles. The Morgan fingerprint density at radius 1 is 1.03 bits per heavy atom. The highest BCUT2D eigenvalue weighted by atomic mass is 32.1. The summed E-state index contributed by atoms with van der Waals surface area (Å²) in [6.45, 7) is 10.8. The van der Waals surface area contributed by atoms with E-state index in [9.17, 15) is 14.9 Å². The Morgan fingerprint density at radius 3 is 2.37 bits per heavy atom. The number of nitriles is 1. The van der Waals surface area contributed by atoms with E-state index in [0.29, 0.717) is 48.1 Å². The van der Waals surface area contributed by atoms with Gasteiger partial charge in [-0.15, -0.1) is 11.3 Å². The normalized spacial score (nSPS) is 21.6. The van der Waals surface area contributed by atoms with Crippen molar-refractivity contribution in [2.24, 2.45) is 0 Å². The molecule has 320 valence electrons. The number of piperazine rings is 1. The Kier molecular flexibility index (Phi) is 10.5. The van der Waals surface area contributed by atoms with Crippen molar-refractivity contribution >= 4 is 55.3 Å². The summed E-state index contributed by atoms with van der Waals surface area (Å²) in [5.41, 5.74) is -1.25. The molecule has 0 aliphatic carbocycles. The molecule has 8 rings (SSSR count). The fourth-order valence-corrected chi connectivity index (χ4v) is 9.72. The molecule has 3 unspecified atom stereocenters. The van der Waals surface area contributed by atoms with Crippen LogP contribution in [0.15, 0.2) is 6.20 Å². The average molecular weight is 855 g/mol. The lowest BCUT2D eigenvalue weighted by atomic mass is 9.93. The Balaban J connectivity index is 1.29. The molecule has 1 N–H and O–H groups in total. The number of amides is 2. The van der Waals surface area contributed by atoms with E-state index in [2.05, 4.69) is 15.3 Å². The van der Waals surface area contributed by atoms with Crippen molar-refractivity contribution in [3.63, 3.8) is 0 Å². The molecule has 1 aromatic carbocycles. The van der Waals surface area contributed by atoms with Crippen molar-refractivity contribution in [3.05, 3.63) is 34.5 Å². The molecule has 3 fully saturated rings. The van der Waals surface area contributed by atoms with Crippen molar-refractivity contribution in [1.82, 2.24) is 24.8 Å². The number of piperidine rings is 1. The largest absolute Gasteiger partial charge is 0.461 e. The Labute approximate surface area is 347 Å². The monoisotopic (exact) mass is 854 g/mol. The van der Waals surface area contributed by atoms with Crippen molar-refractivity contribution in [2.75, 3.05) is 43.5 Å². The maximum atomic E-state index is 17.8. The number of nitrogens with one attached hydrogen (secondary N) is 1. The van der Waals surface area contributed by atoms with Gasteiger partial charge in [-0.05, 0) is 85.5 Å². The summed E-state index contributed by atoms with van der Waals surface area (Å²) in [7, 11) is 1.59. The summed E-state index contributed by atoms with van der Waals surface area (Å²) in [6, 6.07) is -0.130. The van der Waals surface area contributed by atoms with Crippen LogP contribution in [-0.2, 0) is 27.4 Å². The van der Waals surface area contributed by atoms with Crippen LogP contribution >= 0.6 is 11.3 Å². The fraction of sp³-hybridized carbons (Fsp3) is 0.561. The van der Waals surface area contributed by atoms with E-state index in [0.717, 1.165) is 17.5 Å². The fourth-order valence-electron chi connectivity index (χ4n) is 8.68. The van der Waals surface area contributed by atoms with Crippen molar-refractivity contribution in [3.8, 4) is 23.3 Å². The van der Waals surface area contributed by atoms with Gasteiger partial charge in [-0.3, -0.25) is 15.2 Å². The van der Waals surface area contributed by atoms with Gasteiger partial charge in [0.2, 0.25) is 0 Å². The molecule has 0 saturated carbocycles. The van der Waals surface area contributed by atoms with E-state index < -0.39 is 53.6 Å². The lowest BCUT2D eigenvalue weighted by Crippen LogP contribution is -2.56. The quantitative estimate of drug-likeness (QED) is 0.186. The molecule has 2 bridgehead atoms. The van der Waals surface area contributed by atoms with Gasteiger partial charge in [0.05, 0.1) is 40.8 Å². The minimum Gasteiger partial charge on any atom is -0.461 e. The summed E-state index contributed by atoms with van der Waals surface area (Å²) in [4.78, 5) is 45.0. The number of likely N-dealkylation sites (N-methyl/N-ethyl adjacent to an activating group) is 1. The molecular weight excluding hydrogens is 809 g/mol. The SMILES string of the molecule is CN1CCCC(F)(F)C1COc1nc(N2C3CCC2CN(C(=O)OC(C)(C)C)C3)c2c3c(c(-c4ncc(F)c5sc(NC(=O)OC(C)(C)C)c(C#N)c45)c(F)c2n1)COC3. The van der Waals surface area contributed by atoms with Gasteiger partial charge in [0.15, 0.2) is 11.6 Å². The number of hydrogen-bond acceptors (Lipinski definition) is 13. The van der Waals surface area contributed by atoms with Crippen molar-refractivity contribution < 1.29 is 46.1 Å². The van der Waals surface area contributed by atoms with Gasteiger partial charge in [-0.1, -0.05) is 0 Å². The van der Waals surface area contributed by atoms with Gasteiger partial charge in [0, 0.05) is 42.5 Å². The first-order valence-electron chi connectivity index (χ1n) is 19.9. The molecule has 3 saturated heterocycles. The third kappa shape index (κ3) is 7.62. The zero-order valence-corrected chi connectivity index (χ0v) is 35.2. The minimum absolute atomic E-state index is 0.00645. The highest BCUT2D eigenvalue weighted by Crippen LogP contribution is 2.49. The summed E-state index contributed by atoms with van der Waals surface area (Å²) in [5, 5.41) is 13.2. The van der Waals surface area contributed by atoms with Crippen LogP contribution in [0.2, 0.25) is 0 Å². The van der Waals surface area contributed by atoms with E-state index in [1.807, 2.05) is 11.0 Å². The maximum Gasteiger partial charge on any atom is 0.412 e. The summed E-state index contributed by atoms with van der Waals surface area (Å²) >= 11 is 0.780. The maximum absolute atomic E-state index is 17.8. The Bertz CT molecular complexity index is 2430. The first-order chi connectivity index (χ1) is 28.2. The molecule has 0 spiro atoms. The molecule has 4 aromatic rings. The second-order valence-corrected chi connectivity index (χ2v) is 18.8. The number of ether oxygens (including phenoxy) is 4. The van der Waals surface area contributed by atoms with E-state index in [-0.39, 0.29) is 88.2 Å². The molecule has 4 aliphatic rings. The van der Waals surface area contributed by atoms with E-state index in [4.69, 9.17) is 23.9 Å². The molecule has 0 radical (unpaired) electrons. The van der Waals surface area contributed by atoms with Crippen LogP contribution in [-0.4, -0.2) is 105 Å².